The van der Waals surface area contributed by atoms with E-state index in [0.717, 1.165) is 15.8 Å². The maximum atomic E-state index is 5.97. The van der Waals surface area contributed by atoms with E-state index in [0.29, 0.717) is 17.9 Å². The number of pyridine rings is 1. The summed E-state index contributed by atoms with van der Waals surface area (Å²) in [6.07, 6.45) is 2.51. The van der Waals surface area contributed by atoms with Gasteiger partial charge in [-0.3, -0.25) is 0 Å². The van der Waals surface area contributed by atoms with Crippen molar-refractivity contribution in [3.05, 3.63) is 80.1 Å². The molecule has 0 aliphatic carbocycles. The quantitative estimate of drug-likeness (QED) is 0.241. The lowest BCUT2D eigenvalue weighted by Gasteiger charge is -2.14. The second-order valence-electron chi connectivity index (χ2n) is 5.72. The molecule has 3 aromatic rings. The first-order chi connectivity index (χ1) is 12.5. The number of amidine groups is 1. The molecule has 0 unspecified atom stereocenters. The number of nitrogens with zero attached hydrogens (tertiary/aromatic N) is 3. The van der Waals surface area contributed by atoms with Crippen molar-refractivity contribution in [2.75, 3.05) is 5.73 Å². The van der Waals surface area contributed by atoms with Crippen molar-refractivity contribution < 1.29 is 0 Å². The maximum Gasteiger partial charge on any atom is 0.156 e. The van der Waals surface area contributed by atoms with Gasteiger partial charge in [0.2, 0.25) is 0 Å². The minimum Gasteiger partial charge on any atom is -0.383 e. The minimum atomic E-state index is 0.234. The number of hydrazine groups is 1. The van der Waals surface area contributed by atoms with Crippen LogP contribution in [-0.4, -0.2) is 15.9 Å². The number of aromatic nitrogens is 1. The van der Waals surface area contributed by atoms with E-state index >= 15 is 0 Å². The number of hydrazone groups is 1. The molecular formula is C18H19BrN6S. The van der Waals surface area contributed by atoms with E-state index in [2.05, 4.69) is 50.3 Å². The van der Waals surface area contributed by atoms with E-state index < -0.39 is 0 Å². The Bertz CT molecular complexity index is 906. The molecule has 26 heavy (non-hydrogen) atoms. The molecule has 0 aliphatic rings. The highest BCUT2D eigenvalue weighted by Crippen LogP contribution is 2.24. The molecule has 0 saturated heterocycles. The van der Waals surface area contributed by atoms with E-state index in [4.69, 9.17) is 17.3 Å². The van der Waals surface area contributed by atoms with Crippen molar-refractivity contribution in [3.63, 3.8) is 0 Å². The highest BCUT2D eigenvalue weighted by Gasteiger charge is 2.06. The topological polar surface area (TPSA) is 107 Å². The fourth-order valence-corrected chi connectivity index (χ4v) is 3.98. The number of thiophene rings is 1. The number of nitrogen functional groups attached to an aromatic ring is 1. The summed E-state index contributed by atoms with van der Waals surface area (Å²) < 4.78 is 1.15. The molecule has 2 aromatic heterocycles. The van der Waals surface area contributed by atoms with Crippen LogP contribution in [0.5, 0.6) is 0 Å². The Balaban J connectivity index is 1.63. The molecule has 6 nitrogen and oxygen atoms in total. The van der Waals surface area contributed by atoms with Gasteiger partial charge in [0.05, 0.1) is 15.9 Å². The normalized spacial score (nSPS) is 11.5. The first-order valence-electron chi connectivity index (χ1n) is 7.90. The van der Waals surface area contributed by atoms with Crippen LogP contribution >= 0.6 is 27.3 Å². The zero-order valence-electron chi connectivity index (χ0n) is 14.0. The van der Waals surface area contributed by atoms with Gasteiger partial charge in [-0.2, -0.15) is 0 Å². The highest BCUT2D eigenvalue weighted by atomic mass is 79.9. The van der Waals surface area contributed by atoms with Crippen LogP contribution in [0.1, 0.15) is 21.6 Å². The van der Waals surface area contributed by atoms with E-state index in [1.54, 1.807) is 29.7 Å². The Kier molecular flexibility index (Phi) is 5.87. The third kappa shape index (κ3) is 4.81. The van der Waals surface area contributed by atoms with Crippen LogP contribution in [0.15, 0.2) is 63.6 Å². The molecule has 0 amide bonds. The maximum absolute atomic E-state index is 5.97. The molecule has 2 heterocycles. The summed E-state index contributed by atoms with van der Waals surface area (Å²) in [6, 6.07) is 16.0. The lowest BCUT2D eigenvalue weighted by molar-refractivity contribution is 0.290. The molecule has 0 spiro atoms. The highest BCUT2D eigenvalue weighted by molar-refractivity contribution is 9.11. The summed E-state index contributed by atoms with van der Waals surface area (Å²) in [5.74, 6) is 6.52. The molecule has 0 fully saturated rings. The van der Waals surface area contributed by atoms with Gasteiger partial charge in [0.15, 0.2) is 5.84 Å². The zero-order chi connectivity index (χ0) is 18.5. The SMILES string of the molecule is N/C(=N\N(N)Cc1ccc(Cc2ccc(Br)s2)cc1)c1cccnc1N. The van der Waals surface area contributed by atoms with Crippen LogP contribution in [0, 0.1) is 0 Å². The Morgan fingerprint density at radius 2 is 1.85 bits per heavy atom. The number of hydrogen-bond acceptors (Lipinski definition) is 6. The minimum absolute atomic E-state index is 0.234. The Hall–Kier alpha value is -2.42. The second kappa shape index (κ2) is 8.31. The van der Waals surface area contributed by atoms with E-state index in [-0.39, 0.29) is 5.84 Å². The molecule has 0 saturated carbocycles. The van der Waals surface area contributed by atoms with Gasteiger partial charge in [0.1, 0.15) is 5.82 Å². The van der Waals surface area contributed by atoms with Crippen LogP contribution in [0.25, 0.3) is 0 Å². The Labute approximate surface area is 164 Å². The summed E-state index contributed by atoms with van der Waals surface area (Å²) >= 11 is 5.23. The molecule has 8 heteroatoms. The van der Waals surface area contributed by atoms with Gasteiger partial charge in [-0.1, -0.05) is 24.3 Å². The summed E-state index contributed by atoms with van der Waals surface area (Å²) in [6.45, 7) is 0.436. The third-order valence-electron chi connectivity index (χ3n) is 3.73. The lowest BCUT2D eigenvalue weighted by Crippen LogP contribution is -2.29. The smallest absolute Gasteiger partial charge is 0.156 e. The van der Waals surface area contributed by atoms with E-state index in [9.17, 15) is 0 Å². The Morgan fingerprint density at radius 1 is 1.12 bits per heavy atom. The van der Waals surface area contributed by atoms with Gasteiger partial charge in [0, 0.05) is 17.5 Å². The van der Waals surface area contributed by atoms with Gasteiger partial charge in [0.25, 0.3) is 0 Å². The molecule has 134 valence electrons. The van der Waals surface area contributed by atoms with E-state index in [1.807, 2.05) is 12.1 Å². The predicted molar refractivity (Wildman–Crippen MR) is 110 cm³/mol. The first kappa shape index (κ1) is 18.4. The number of halogens is 1. The van der Waals surface area contributed by atoms with Gasteiger partial charge in [-0.25, -0.2) is 15.9 Å². The zero-order valence-corrected chi connectivity index (χ0v) is 16.4. The number of nitrogens with two attached hydrogens (primary N) is 3. The van der Waals surface area contributed by atoms with Crippen LogP contribution in [0.2, 0.25) is 0 Å². The molecule has 3 rings (SSSR count). The molecule has 1 aromatic carbocycles. The van der Waals surface area contributed by atoms with Gasteiger partial charge >= 0.3 is 0 Å². The molecular weight excluding hydrogens is 412 g/mol. The molecule has 0 radical (unpaired) electrons. The molecule has 0 atom stereocenters. The number of benzene rings is 1. The number of anilines is 1. The molecule has 6 N–H and O–H groups in total. The summed E-state index contributed by atoms with van der Waals surface area (Å²) in [5.41, 5.74) is 14.6. The van der Waals surface area contributed by atoms with Crippen molar-refractivity contribution in [3.8, 4) is 0 Å². The largest absolute Gasteiger partial charge is 0.383 e. The lowest BCUT2D eigenvalue weighted by atomic mass is 10.1. The number of hydrogen-bond donors (Lipinski definition) is 3. The van der Waals surface area contributed by atoms with Gasteiger partial charge in [-0.05, 0) is 51.3 Å². The van der Waals surface area contributed by atoms with Gasteiger partial charge < -0.3 is 11.5 Å². The van der Waals surface area contributed by atoms with E-state index in [1.165, 1.54) is 15.6 Å². The summed E-state index contributed by atoms with van der Waals surface area (Å²) in [5, 5.41) is 5.48. The predicted octanol–water partition coefficient (Wildman–Crippen LogP) is 3.07. The average molecular weight is 431 g/mol. The van der Waals surface area contributed by atoms with Crippen LogP contribution in [-0.2, 0) is 13.0 Å². The van der Waals surface area contributed by atoms with Crippen molar-refractivity contribution >= 4 is 38.9 Å². The second-order valence-corrected chi connectivity index (χ2v) is 8.27. The first-order valence-corrected chi connectivity index (χ1v) is 9.51. The van der Waals surface area contributed by atoms with Crippen LogP contribution in [0.4, 0.5) is 5.82 Å². The monoisotopic (exact) mass is 430 g/mol. The molecule has 0 bridgehead atoms. The standard InChI is InChI=1S/C18H19BrN6S/c19-16-8-7-14(26-16)10-12-3-5-13(6-4-12)11-25(22)24-18(21)15-2-1-9-23-17(15)20/h1-9H,10-11,22H2,(H2,20,23)(H2,21,24). The van der Waals surface area contributed by atoms with Crippen LogP contribution in [0.3, 0.4) is 0 Å². The third-order valence-corrected chi connectivity index (χ3v) is 5.35. The average Bonchev–Trinajstić information content (AvgIpc) is 3.01. The van der Waals surface area contributed by atoms with Crippen LogP contribution < -0.4 is 17.3 Å². The summed E-state index contributed by atoms with van der Waals surface area (Å²) in [7, 11) is 0. The summed E-state index contributed by atoms with van der Waals surface area (Å²) in [4.78, 5) is 5.31. The van der Waals surface area contributed by atoms with Crippen molar-refractivity contribution in [2.45, 2.75) is 13.0 Å². The van der Waals surface area contributed by atoms with Crippen molar-refractivity contribution in [1.29, 1.82) is 0 Å². The van der Waals surface area contributed by atoms with Gasteiger partial charge in [-0.15, -0.1) is 16.4 Å². The number of rotatable bonds is 6. The fourth-order valence-electron chi connectivity index (χ4n) is 2.46. The molecule has 0 aliphatic heterocycles. The fraction of sp³-hybridized carbons (Fsp3) is 0.111. The van der Waals surface area contributed by atoms with Crippen molar-refractivity contribution in [2.24, 2.45) is 16.7 Å². The Morgan fingerprint density at radius 3 is 2.50 bits per heavy atom. The van der Waals surface area contributed by atoms with Crippen molar-refractivity contribution in [1.82, 2.24) is 10.1 Å².